The van der Waals surface area contributed by atoms with Crippen molar-refractivity contribution in [3.8, 4) is 11.2 Å². The number of nitrogens with zero attached hydrogens (tertiary/aromatic N) is 2. The molecule has 2 heterocycles. The van der Waals surface area contributed by atoms with Crippen LogP contribution in [-0.4, -0.2) is 23.1 Å². The molecular weight excluding hydrogens is 335 g/mol. The van der Waals surface area contributed by atoms with Crippen molar-refractivity contribution < 1.29 is 0 Å². The van der Waals surface area contributed by atoms with Gasteiger partial charge in [-0.1, -0.05) is 5.92 Å². The molecule has 0 bridgehead atoms. The van der Waals surface area contributed by atoms with E-state index in [-0.39, 0.29) is 5.95 Å². The first kappa shape index (κ1) is 13.5. The zero-order valence-electron chi connectivity index (χ0n) is 8.74. The molecule has 0 saturated carbocycles. The second-order valence-corrected chi connectivity index (χ2v) is 4.77. The van der Waals surface area contributed by atoms with Crippen LogP contribution in [0.25, 0.3) is 0 Å². The van der Waals surface area contributed by atoms with Gasteiger partial charge in [0.1, 0.15) is 0 Å². The molecule has 1 fully saturated rings. The molecule has 0 amide bonds. The van der Waals surface area contributed by atoms with Crippen molar-refractivity contribution in [2.75, 3.05) is 18.8 Å². The Bertz CT molecular complexity index is 346. The minimum absolute atomic E-state index is 0.276. The van der Waals surface area contributed by atoms with Crippen LogP contribution in [0, 0.1) is 11.2 Å². The van der Waals surface area contributed by atoms with Gasteiger partial charge in [-0.25, -0.2) is 9.97 Å². The summed E-state index contributed by atoms with van der Waals surface area (Å²) in [6.45, 7) is 2.50. The first-order valence-electron chi connectivity index (χ1n) is 4.90. The smallest absolute Gasteiger partial charge is 0.219 e. The molecule has 0 spiro atoms. The summed E-state index contributed by atoms with van der Waals surface area (Å²) >= 11 is 2.10. The number of hydrogen-bond donors (Lipinski definition) is 2. The van der Waals surface area contributed by atoms with Gasteiger partial charge >= 0.3 is 0 Å². The summed E-state index contributed by atoms with van der Waals surface area (Å²) in [5.74, 6) is 3.12. The van der Waals surface area contributed by atoms with Crippen molar-refractivity contribution in [3.05, 3.63) is 18.0 Å². The molecule has 2 rings (SSSR count). The van der Waals surface area contributed by atoms with Crippen molar-refractivity contribution in [3.63, 3.8) is 0 Å². The van der Waals surface area contributed by atoms with Crippen LogP contribution in [0.5, 0.6) is 0 Å². The zero-order chi connectivity index (χ0) is 11.6. The van der Waals surface area contributed by atoms with Gasteiger partial charge in [0.05, 0.1) is 5.56 Å². The number of rotatable bonds is 0. The standard InChI is InChI=1S/C6H4IN3S.C4H9N/c7-11-2-1-5-3-9-6(8)10-4-5;1-2-4-5-3-1/h3-4H,(H2,8,9,10);5H,1-4H2. The van der Waals surface area contributed by atoms with Crippen LogP contribution in [0.1, 0.15) is 18.4 Å². The molecule has 1 saturated heterocycles. The summed E-state index contributed by atoms with van der Waals surface area (Å²) in [5, 5.41) is 6.04. The third-order valence-corrected chi connectivity index (χ3v) is 2.70. The summed E-state index contributed by atoms with van der Waals surface area (Å²) in [4.78, 5) is 7.57. The number of anilines is 1. The lowest BCUT2D eigenvalue weighted by Crippen LogP contribution is -2.03. The summed E-state index contributed by atoms with van der Waals surface area (Å²) in [7, 11) is 1.42. The molecule has 0 radical (unpaired) electrons. The lowest BCUT2D eigenvalue weighted by atomic mass is 10.4. The van der Waals surface area contributed by atoms with Crippen LogP contribution < -0.4 is 11.1 Å². The largest absolute Gasteiger partial charge is 0.368 e. The number of nitrogens with two attached hydrogens (primary N) is 1. The van der Waals surface area contributed by atoms with Crippen molar-refractivity contribution in [1.82, 2.24) is 15.3 Å². The molecule has 0 atom stereocenters. The Balaban J connectivity index is 0.000000212. The molecule has 0 aromatic carbocycles. The van der Waals surface area contributed by atoms with Crippen LogP contribution >= 0.6 is 30.1 Å². The number of aromatic nitrogens is 2. The molecular formula is C10H13IN4S. The number of halogens is 1. The Labute approximate surface area is 112 Å². The molecule has 3 N–H and O–H groups in total. The lowest BCUT2D eigenvalue weighted by molar-refractivity contribution is 0.857. The molecule has 1 aliphatic rings. The molecule has 86 valence electrons. The van der Waals surface area contributed by atoms with Crippen molar-refractivity contribution in [2.45, 2.75) is 12.8 Å². The van der Waals surface area contributed by atoms with Crippen LogP contribution in [0.4, 0.5) is 5.95 Å². The maximum absolute atomic E-state index is 5.28. The van der Waals surface area contributed by atoms with Gasteiger partial charge in [-0.2, -0.15) is 0 Å². The van der Waals surface area contributed by atoms with Crippen LogP contribution in [0.3, 0.4) is 0 Å². The van der Waals surface area contributed by atoms with E-state index >= 15 is 0 Å². The highest BCUT2D eigenvalue weighted by molar-refractivity contribution is 14.2. The van der Waals surface area contributed by atoms with Crippen molar-refractivity contribution >= 4 is 36.1 Å². The molecule has 4 nitrogen and oxygen atoms in total. The highest BCUT2D eigenvalue weighted by Crippen LogP contribution is 2.07. The summed E-state index contributed by atoms with van der Waals surface area (Å²) < 4.78 is 0. The van der Waals surface area contributed by atoms with Gasteiger partial charge in [0, 0.05) is 33.6 Å². The third kappa shape index (κ3) is 6.15. The Morgan fingerprint density at radius 3 is 2.38 bits per heavy atom. The molecule has 16 heavy (non-hydrogen) atoms. The predicted octanol–water partition coefficient (Wildman–Crippen LogP) is 1.82. The third-order valence-electron chi connectivity index (χ3n) is 1.86. The lowest BCUT2D eigenvalue weighted by Gasteiger charge is -1.88. The molecule has 6 heteroatoms. The van der Waals surface area contributed by atoms with Gasteiger partial charge in [-0.3, -0.25) is 0 Å². The molecule has 1 aliphatic heterocycles. The number of hydrogen-bond acceptors (Lipinski definition) is 5. The maximum Gasteiger partial charge on any atom is 0.219 e. The SMILES string of the molecule is C1CCNC1.Nc1ncc(C#CSI)cn1. The monoisotopic (exact) mass is 348 g/mol. The van der Waals surface area contributed by atoms with E-state index in [0.29, 0.717) is 0 Å². The minimum atomic E-state index is 0.276. The van der Waals surface area contributed by atoms with E-state index in [1.807, 2.05) is 0 Å². The van der Waals surface area contributed by atoms with E-state index < -0.39 is 0 Å². The predicted molar refractivity (Wildman–Crippen MR) is 77.0 cm³/mol. The Morgan fingerprint density at radius 2 is 1.94 bits per heavy atom. The average molecular weight is 348 g/mol. The van der Waals surface area contributed by atoms with E-state index in [1.165, 1.54) is 34.9 Å². The van der Waals surface area contributed by atoms with E-state index in [2.05, 4.69) is 47.7 Å². The molecule has 0 aliphatic carbocycles. The van der Waals surface area contributed by atoms with Crippen LogP contribution in [-0.2, 0) is 0 Å². The first-order chi connectivity index (χ1) is 7.83. The van der Waals surface area contributed by atoms with Gasteiger partial charge in [-0.05, 0) is 40.1 Å². The fourth-order valence-corrected chi connectivity index (χ4v) is 1.59. The normalized spacial score (nSPS) is 13.3. The van der Waals surface area contributed by atoms with Crippen molar-refractivity contribution in [2.24, 2.45) is 0 Å². The molecule has 1 aromatic heterocycles. The van der Waals surface area contributed by atoms with E-state index in [4.69, 9.17) is 5.73 Å². The fourth-order valence-electron chi connectivity index (χ4n) is 1.11. The highest BCUT2D eigenvalue weighted by Gasteiger charge is 1.93. The Morgan fingerprint density at radius 1 is 1.31 bits per heavy atom. The zero-order valence-corrected chi connectivity index (χ0v) is 11.7. The number of nitrogens with one attached hydrogen (secondary N) is 1. The van der Waals surface area contributed by atoms with Crippen LogP contribution in [0.2, 0.25) is 0 Å². The second-order valence-electron chi connectivity index (χ2n) is 3.09. The van der Waals surface area contributed by atoms with E-state index in [9.17, 15) is 0 Å². The quantitative estimate of drug-likeness (QED) is 0.553. The number of nitrogen functional groups attached to an aromatic ring is 1. The molecule has 0 unspecified atom stereocenters. The van der Waals surface area contributed by atoms with E-state index in [0.717, 1.165) is 5.56 Å². The van der Waals surface area contributed by atoms with Gasteiger partial charge in [0.2, 0.25) is 5.95 Å². The summed E-state index contributed by atoms with van der Waals surface area (Å²) in [5.41, 5.74) is 6.06. The topological polar surface area (TPSA) is 63.8 Å². The fraction of sp³-hybridized carbons (Fsp3) is 0.400. The maximum atomic E-state index is 5.28. The van der Waals surface area contributed by atoms with E-state index in [1.54, 1.807) is 12.4 Å². The van der Waals surface area contributed by atoms with Gasteiger partial charge < -0.3 is 11.1 Å². The summed E-state index contributed by atoms with van der Waals surface area (Å²) in [6, 6.07) is 0. The van der Waals surface area contributed by atoms with Crippen molar-refractivity contribution in [1.29, 1.82) is 0 Å². The Hall–Kier alpha value is -0.520. The average Bonchev–Trinajstić information content (AvgIpc) is 2.87. The Kier molecular flexibility index (Phi) is 7.29. The summed E-state index contributed by atoms with van der Waals surface area (Å²) in [6.07, 6.45) is 5.98. The second kappa shape index (κ2) is 8.61. The molecule has 1 aromatic rings. The van der Waals surface area contributed by atoms with Gasteiger partial charge in [0.15, 0.2) is 0 Å². The van der Waals surface area contributed by atoms with Crippen LogP contribution in [0.15, 0.2) is 12.4 Å². The first-order valence-corrected chi connectivity index (χ1v) is 8.25. The minimum Gasteiger partial charge on any atom is -0.368 e. The highest BCUT2D eigenvalue weighted by atomic mass is 127. The van der Waals surface area contributed by atoms with Gasteiger partial charge in [-0.15, -0.1) is 0 Å². The van der Waals surface area contributed by atoms with Gasteiger partial charge in [0.25, 0.3) is 0 Å².